The second-order valence-electron chi connectivity index (χ2n) is 7.19. The minimum Gasteiger partial charge on any atom is -0.760 e. The average Bonchev–Trinajstić information content (AvgIpc) is 2.80. The molecule has 1 aromatic heterocycles. The first-order valence-electron chi connectivity index (χ1n) is 10.3. The number of hydrogen-bond acceptors (Lipinski definition) is 6. The van der Waals surface area contributed by atoms with Crippen molar-refractivity contribution in [2.45, 2.75) is 26.7 Å². The van der Waals surface area contributed by atoms with Crippen molar-refractivity contribution in [3.8, 4) is 0 Å². The standard InChI is InChI=1S/C22H23F3N4O3S/c1-3-29(4-2)18-12-26-16-8-7-14(11-17(16)28-18)22(30)19-20(24)13(10-15(23)21(19)25)6-5-9-27-33(31)32/h7-8,10-12,27H,3-6,9H2,1-2H3,(H,31,32)/p-1. The Morgan fingerprint density at radius 3 is 2.52 bits per heavy atom. The quantitative estimate of drug-likeness (QED) is 0.207. The maximum absolute atomic E-state index is 15.0. The maximum Gasteiger partial charge on any atom is 0.199 e. The Hall–Kier alpha value is -2.89. The summed E-state index contributed by atoms with van der Waals surface area (Å²) in [7, 11) is 0. The topological polar surface area (TPSA) is 98.2 Å². The third-order valence-corrected chi connectivity index (χ3v) is 5.62. The zero-order valence-electron chi connectivity index (χ0n) is 18.0. The van der Waals surface area contributed by atoms with Crippen LogP contribution in [0.4, 0.5) is 19.0 Å². The van der Waals surface area contributed by atoms with E-state index in [2.05, 4.69) is 14.7 Å². The highest BCUT2D eigenvalue weighted by Crippen LogP contribution is 2.25. The van der Waals surface area contributed by atoms with E-state index in [-0.39, 0.29) is 30.5 Å². The largest absolute Gasteiger partial charge is 0.760 e. The molecule has 1 unspecified atom stereocenters. The van der Waals surface area contributed by atoms with Crippen LogP contribution in [0.5, 0.6) is 0 Å². The predicted molar refractivity (Wildman–Crippen MR) is 118 cm³/mol. The number of nitrogens with zero attached hydrogens (tertiary/aromatic N) is 3. The predicted octanol–water partition coefficient (Wildman–Crippen LogP) is 3.44. The molecule has 0 amide bonds. The van der Waals surface area contributed by atoms with E-state index in [1.807, 2.05) is 18.7 Å². The maximum atomic E-state index is 15.0. The van der Waals surface area contributed by atoms with Crippen molar-refractivity contribution in [2.24, 2.45) is 0 Å². The van der Waals surface area contributed by atoms with Crippen molar-refractivity contribution in [3.05, 3.63) is 64.6 Å². The van der Waals surface area contributed by atoms with Gasteiger partial charge in [0.25, 0.3) is 0 Å². The highest BCUT2D eigenvalue weighted by atomic mass is 32.2. The average molecular weight is 480 g/mol. The SMILES string of the molecule is CCN(CC)c1cnc2ccc(C(=O)c3c(F)c(F)cc(CCCNS(=O)[O-])c3F)cc2n1. The van der Waals surface area contributed by atoms with E-state index in [0.717, 1.165) is 0 Å². The summed E-state index contributed by atoms with van der Waals surface area (Å²) in [5.74, 6) is -4.55. The van der Waals surface area contributed by atoms with Crippen LogP contribution in [0.15, 0.2) is 30.5 Å². The van der Waals surface area contributed by atoms with Crippen molar-refractivity contribution in [1.82, 2.24) is 14.7 Å². The number of anilines is 1. The van der Waals surface area contributed by atoms with E-state index in [1.54, 1.807) is 6.20 Å². The molecule has 11 heteroatoms. The summed E-state index contributed by atoms with van der Waals surface area (Å²) in [6, 6.07) is 4.91. The summed E-state index contributed by atoms with van der Waals surface area (Å²) in [5, 5.41) is 0. The van der Waals surface area contributed by atoms with Crippen molar-refractivity contribution in [3.63, 3.8) is 0 Å². The zero-order chi connectivity index (χ0) is 24.1. The summed E-state index contributed by atoms with van der Waals surface area (Å²) in [6.07, 6.45) is 1.64. The molecule has 0 saturated carbocycles. The van der Waals surface area contributed by atoms with Crippen LogP contribution in [0.1, 0.15) is 41.8 Å². The smallest absolute Gasteiger partial charge is 0.199 e. The molecule has 0 spiro atoms. The summed E-state index contributed by atoms with van der Waals surface area (Å²) < 4.78 is 66.8. The normalized spacial score (nSPS) is 12.2. The van der Waals surface area contributed by atoms with Gasteiger partial charge < -0.3 is 9.45 Å². The molecular weight excluding hydrogens is 457 g/mol. The molecule has 0 bridgehead atoms. The van der Waals surface area contributed by atoms with Crippen LogP contribution in [0, 0.1) is 17.5 Å². The number of fused-ring (bicyclic) bond motifs is 1. The van der Waals surface area contributed by atoms with E-state index >= 15 is 4.39 Å². The fourth-order valence-corrected chi connectivity index (χ4v) is 3.77. The first kappa shape index (κ1) is 24.7. The van der Waals surface area contributed by atoms with Crippen molar-refractivity contribution < 1.29 is 26.7 Å². The molecule has 0 saturated heterocycles. The van der Waals surface area contributed by atoms with Gasteiger partial charge in [0.1, 0.15) is 11.6 Å². The Labute approximate surface area is 191 Å². The number of rotatable bonds is 10. The monoisotopic (exact) mass is 479 g/mol. The van der Waals surface area contributed by atoms with Gasteiger partial charge in [-0.25, -0.2) is 22.9 Å². The molecule has 176 valence electrons. The molecule has 1 N–H and O–H groups in total. The lowest BCUT2D eigenvalue weighted by Crippen LogP contribution is -2.23. The van der Waals surface area contributed by atoms with Gasteiger partial charge >= 0.3 is 0 Å². The molecule has 1 atom stereocenters. The van der Waals surface area contributed by atoms with Crippen molar-refractivity contribution >= 4 is 33.9 Å². The minimum atomic E-state index is -2.49. The fourth-order valence-electron chi connectivity index (χ4n) is 3.46. The lowest BCUT2D eigenvalue weighted by atomic mass is 9.97. The van der Waals surface area contributed by atoms with Gasteiger partial charge in [-0.3, -0.25) is 14.0 Å². The third kappa shape index (κ3) is 5.55. The van der Waals surface area contributed by atoms with Crippen LogP contribution in [-0.2, 0) is 17.7 Å². The summed E-state index contributed by atoms with van der Waals surface area (Å²) in [4.78, 5) is 23.7. The van der Waals surface area contributed by atoms with E-state index in [0.29, 0.717) is 36.0 Å². The van der Waals surface area contributed by atoms with Crippen LogP contribution in [0.3, 0.4) is 0 Å². The molecule has 0 aliphatic heterocycles. The Morgan fingerprint density at radius 2 is 1.85 bits per heavy atom. The summed E-state index contributed by atoms with van der Waals surface area (Å²) in [5.41, 5.74) is -0.435. The lowest BCUT2D eigenvalue weighted by molar-refractivity contribution is 0.102. The Kier molecular flexibility index (Phi) is 8.11. The molecule has 2 aromatic carbocycles. The molecule has 0 aliphatic carbocycles. The number of aryl methyl sites for hydroxylation is 1. The van der Waals surface area contributed by atoms with E-state index < -0.39 is 40.1 Å². The second-order valence-corrected chi connectivity index (χ2v) is 7.94. The van der Waals surface area contributed by atoms with E-state index in [1.165, 1.54) is 18.2 Å². The van der Waals surface area contributed by atoms with Gasteiger partial charge in [0.05, 0.1) is 22.8 Å². The number of halogens is 3. The van der Waals surface area contributed by atoms with Crippen LogP contribution >= 0.6 is 0 Å². The van der Waals surface area contributed by atoms with Crippen LogP contribution in [-0.4, -0.2) is 44.1 Å². The number of nitrogens with one attached hydrogen (secondary N) is 1. The van der Waals surface area contributed by atoms with Gasteiger partial charge in [-0.1, -0.05) is 0 Å². The Bertz CT molecular complexity index is 1210. The van der Waals surface area contributed by atoms with Gasteiger partial charge in [-0.15, -0.1) is 0 Å². The Morgan fingerprint density at radius 1 is 1.12 bits per heavy atom. The van der Waals surface area contributed by atoms with Crippen LogP contribution in [0.2, 0.25) is 0 Å². The molecular formula is C22H22F3N4O3S-. The first-order chi connectivity index (χ1) is 15.8. The fraction of sp³-hybridized carbons (Fsp3) is 0.318. The highest BCUT2D eigenvalue weighted by Gasteiger charge is 2.25. The first-order valence-corrected chi connectivity index (χ1v) is 11.4. The Balaban J connectivity index is 1.97. The highest BCUT2D eigenvalue weighted by molar-refractivity contribution is 7.77. The van der Waals surface area contributed by atoms with Crippen molar-refractivity contribution in [1.29, 1.82) is 0 Å². The third-order valence-electron chi connectivity index (χ3n) is 5.18. The van der Waals surface area contributed by atoms with Crippen molar-refractivity contribution in [2.75, 3.05) is 24.5 Å². The molecule has 0 fully saturated rings. The number of benzene rings is 2. The van der Waals surface area contributed by atoms with E-state index in [9.17, 15) is 22.3 Å². The van der Waals surface area contributed by atoms with Crippen LogP contribution < -0.4 is 9.62 Å². The number of aromatic nitrogens is 2. The van der Waals surface area contributed by atoms with Gasteiger partial charge in [0.2, 0.25) is 0 Å². The molecule has 3 rings (SSSR count). The number of carbonyl (C=O) groups is 1. The molecule has 1 heterocycles. The number of carbonyl (C=O) groups excluding carboxylic acids is 1. The molecule has 7 nitrogen and oxygen atoms in total. The van der Waals surface area contributed by atoms with Gasteiger partial charge in [-0.2, -0.15) is 0 Å². The number of hydrogen-bond donors (Lipinski definition) is 1. The van der Waals surface area contributed by atoms with Gasteiger partial charge in [0.15, 0.2) is 17.4 Å². The van der Waals surface area contributed by atoms with E-state index in [4.69, 9.17) is 0 Å². The second kappa shape index (κ2) is 10.8. The lowest BCUT2D eigenvalue weighted by Gasteiger charge is -2.19. The number of ketones is 1. The minimum absolute atomic E-state index is 0.0178. The van der Waals surface area contributed by atoms with Gasteiger partial charge in [-0.05, 0) is 56.5 Å². The molecule has 33 heavy (non-hydrogen) atoms. The van der Waals surface area contributed by atoms with Gasteiger partial charge in [0, 0.05) is 36.5 Å². The molecule has 3 aromatic rings. The molecule has 0 aliphatic rings. The summed E-state index contributed by atoms with van der Waals surface area (Å²) in [6.45, 7) is 5.28. The van der Waals surface area contributed by atoms with Crippen LogP contribution in [0.25, 0.3) is 11.0 Å². The summed E-state index contributed by atoms with van der Waals surface area (Å²) >= 11 is -2.49. The zero-order valence-corrected chi connectivity index (χ0v) is 18.8. The molecule has 0 radical (unpaired) electrons.